The SMILES string of the molecule is CCc1ccc(C(C(=O)[O-])C(=O)[O-])cc1. The topological polar surface area (TPSA) is 80.3 Å². The standard InChI is InChI=1S/C11H12O4/c1-2-7-3-5-8(6-4-7)9(10(12)13)11(14)15/h3-6,9H,2H2,1H3,(H,12,13)(H,14,15)/p-2. The first-order valence-corrected chi connectivity index (χ1v) is 4.56. The maximum absolute atomic E-state index is 10.6. The van der Waals surface area contributed by atoms with Gasteiger partial charge in [0.1, 0.15) is 0 Å². The normalized spacial score (nSPS) is 10.3. The summed E-state index contributed by atoms with van der Waals surface area (Å²) in [5, 5.41) is 21.1. The van der Waals surface area contributed by atoms with E-state index in [1.54, 1.807) is 12.1 Å². The number of carboxylic acids is 2. The molecule has 0 amide bonds. The summed E-state index contributed by atoms with van der Waals surface area (Å²) in [6, 6.07) is 6.31. The molecule has 15 heavy (non-hydrogen) atoms. The van der Waals surface area contributed by atoms with Crippen LogP contribution < -0.4 is 10.2 Å². The maximum atomic E-state index is 10.6. The van der Waals surface area contributed by atoms with Crippen LogP contribution in [0.4, 0.5) is 0 Å². The Morgan fingerprint density at radius 3 is 1.93 bits per heavy atom. The van der Waals surface area contributed by atoms with Crippen molar-refractivity contribution in [3.8, 4) is 0 Å². The van der Waals surface area contributed by atoms with E-state index in [1.807, 2.05) is 6.92 Å². The Morgan fingerprint density at radius 2 is 1.60 bits per heavy atom. The molecule has 0 aliphatic carbocycles. The zero-order chi connectivity index (χ0) is 11.4. The highest BCUT2D eigenvalue weighted by molar-refractivity contribution is 5.97. The van der Waals surface area contributed by atoms with Gasteiger partial charge in [0, 0.05) is 0 Å². The fourth-order valence-corrected chi connectivity index (χ4v) is 1.31. The van der Waals surface area contributed by atoms with E-state index >= 15 is 0 Å². The van der Waals surface area contributed by atoms with Gasteiger partial charge in [-0.05, 0) is 17.5 Å². The van der Waals surface area contributed by atoms with E-state index in [0.29, 0.717) is 0 Å². The van der Waals surface area contributed by atoms with Crippen molar-refractivity contribution in [1.29, 1.82) is 0 Å². The molecule has 4 heteroatoms. The molecule has 0 atom stereocenters. The quantitative estimate of drug-likeness (QED) is 0.581. The first kappa shape index (κ1) is 11.2. The van der Waals surface area contributed by atoms with Crippen LogP contribution in [0.5, 0.6) is 0 Å². The summed E-state index contributed by atoms with van der Waals surface area (Å²) in [6.45, 7) is 1.95. The summed E-state index contributed by atoms with van der Waals surface area (Å²) in [4.78, 5) is 21.1. The zero-order valence-electron chi connectivity index (χ0n) is 8.23. The lowest BCUT2D eigenvalue weighted by Crippen LogP contribution is -2.41. The van der Waals surface area contributed by atoms with Crippen LogP contribution in [0.3, 0.4) is 0 Å². The minimum atomic E-state index is -1.70. The smallest absolute Gasteiger partial charge is 0.0632 e. The molecule has 0 N–H and O–H groups in total. The van der Waals surface area contributed by atoms with Gasteiger partial charge in [-0.3, -0.25) is 0 Å². The van der Waals surface area contributed by atoms with Crippen molar-refractivity contribution in [2.75, 3.05) is 0 Å². The number of aliphatic carboxylic acids is 2. The summed E-state index contributed by atoms with van der Waals surface area (Å²) in [7, 11) is 0. The molecule has 0 aromatic heterocycles. The molecule has 1 rings (SSSR count). The molecule has 0 spiro atoms. The lowest BCUT2D eigenvalue weighted by molar-refractivity contribution is -0.326. The van der Waals surface area contributed by atoms with E-state index < -0.39 is 17.9 Å². The number of benzene rings is 1. The van der Waals surface area contributed by atoms with Gasteiger partial charge < -0.3 is 19.8 Å². The molecule has 0 radical (unpaired) electrons. The lowest BCUT2D eigenvalue weighted by atomic mass is 9.98. The molecule has 4 nitrogen and oxygen atoms in total. The second-order valence-electron chi connectivity index (χ2n) is 3.17. The molecule has 0 aliphatic heterocycles. The molecular weight excluding hydrogens is 196 g/mol. The molecule has 0 aliphatic rings. The summed E-state index contributed by atoms with van der Waals surface area (Å²) >= 11 is 0. The Morgan fingerprint density at radius 1 is 1.13 bits per heavy atom. The Kier molecular flexibility index (Phi) is 3.44. The van der Waals surface area contributed by atoms with E-state index in [9.17, 15) is 19.8 Å². The second-order valence-corrected chi connectivity index (χ2v) is 3.17. The number of carboxylic acid groups (broad SMARTS) is 2. The zero-order valence-corrected chi connectivity index (χ0v) is 8.23. The number of hydrogen-bond acceptors (Lipinski definition) is 4. The van der Waals surface area contributed by atoms with E-state index in [-0.39, 0.29) is 5.56 Å². The summed E-state index contributed by atoms with van der Waals surface area (Å²) in [5.74, 6) is -5.01. The monoisotopic (exact) mass is 206 g/mol. The Hall–Kier alpha value is -1.84. The van der Waals surface area contributed by atoms with Crippen molar-refractivity contribution in [3.63, 3.8) is 0 Å². The minimum absolute atomic E-state index is 0.173. The summed E-state index contributed by atoms with van der Waals surface area (Å²) in [6.07, 6.45) is 0.807. The Bertz CT molecular complexity index is 353. The van der Waals surface area contributed by atoms with Gasteiger partial charge in [-0.1, -0.05) is 31.2 Å². The van der Waals surface area contributed by atoms with Crippen LogP contribution in [-0.2, 0) is 16.0 Å². The van der Waals surface area contributed by atoms with Crippen LogP contribution in [0.25, 0.3) is 0 Å². The predicted molar refractivity (Wildman–Crippen MR) is 48.6 cm³/mol. The van der Waals surface area contributed by atoms with Crippen LogP contribution >= 0.6 is 0 Å². The average Bonchev–Trinajstić information content (AvgIpc) is 2.18. The van der Waals surface area contributed by atoms with Gasteiger partial charge in [-0.15, -0.1) is 0 Å². The molecule has 0 heterocycles. The molecule has 0 saturated carbocycles. The van der Waals surface area contributed by atoms with Crippen molar-refractivity contribution in [3.05, 3.63) is 35.4 Å². The largest absolute Gasteiger partial charge is 0.549 e. The van der Waals surface area contributed by atoms with Gasteiger partial charge >= 0.3 is 0 Å². The van der Waals surface area contributed by atoms with Gasteiger partial charge in [-0.25, -0.2) is 0 Å². The third-order valence-electron chi connectivity index (χ3n) is 2.19. The predicted octanol–water partition coefficient (Wildman–Crippen LogP) is -1.17. The van der Waals surface area contributed by atoms with Crippen LogP contribution in [0.2, 0.25) is 0 Å². The van der Waals surface area contributed by atoms with Gasteiger partial charge in [-0.2, -0.15) is 0 Å². The van der Waals surface area contributed by atoms with E-state index in [2.05, 4.69) is 0 Å². The van der Waals surface area contributed by atoms with Crippen LogP contribution in [0, 0.1) is 0 Å². The van der Waals surface area contributed by atoms with Gasteiger partial charge in [0.15, 0.2) is 0 Å². The number of hydrogen-bond donors (Lipinski definition) is 0. The van der Waals surface area contributed by atoms with E-state index in [1.165, 1.54) is 12.1 Å². The molecule has 0 unspecified atom stereocenters. The number of rotatable bonds is 4. The van der Waals surface area contributed by atoms with Crippen molar-refractivity contribution < 1.29 is 19.8 Å². The molecular formula is C11H10O4-2. The molecule has 1 aromatic carbocycles. The van der Waals surface area contributed by atoms with Gasteiger partial charge in [0.25, 0.3) is 0 Å². The number of carbonyl (C=O) groups excluding carboxylic acids is 2. The third-order valence-corrected chi connectivity index (χ3v) is 2.19. The first-order chi connectivity index (χ1) is 7.06. The highest BCUT2D eigenvalue weighted by Gasteiger charge is 2.13. The van der Waals surface area contributed by atoms with Gasteiger partial charge in [0.05, 0.1) is 17.9 Å². The highest BCUT2D eigenvalue weighted by Crippen LogP contribution is 2.15. The first-order valence-electron chi connectivity index (χ1n) is 4.56. The number of carbonyl (C=O) groups is 2. The number of aryl methyl sites for hydroxylation is 1. The molecule has 0 saturated heterocycles. The minimum Gasteiger partial charge on any atom is -0.549 e. The fraction of sp³-hybridized carbons (Fsp3) is 0.273. The lowest BCUT2D eigenvalue weighted by Gasteiger charge is -2.19. The summed E-state index contributed by atoms with van der Waals surface area (Å²) < 4.78 is 0. The second kappa shape index (κ2) is 4.59. The van der Waals surface area contributed by atoms with Crippen molar-refractivity contribution in [2.45, 2.75) is 19.3 Å². The van der Waals surface area contributed by atoms with E-state index in [4.69, 9.17) is 0 Å². The molecule has 0 fully saturated rings. The molecule has 1 aromatic rings. The van der Waals surface area contributed by atoms with Gasteiger partial charge in [0.2, 0.25) is 0 Å². The van der Waals surface area contributed by atoms with Crippen molar-refractivity contribution in [1.82, 2.24) is 0 Å². The van der Waals surface area contributed by atoms with Crippen LogP contribution in [0.15, 0.2) is 24.3 Å². The highest BCUT2D eigenvalue weighted by atomic mass is 16.4. The molecule has 0 bridgehead atoms. The van der Waals surface area contributed by atoms with Crippen molar-refractivity contribution in [2.24, 2.45) is 0 Å². The molecule has 80 valence electrons. The fourth-order valence-electron chi connectivity index (χ4n) is 1.31. The van der Waals surface area contributed by atoms with Crippen molar-refractivity contribution >= 4 is 11.9 Å². The Balaban J connectivity index is 3.02. The third kappa shape index (κ3) is 2.56. The van der Waals surface area contributed by atoms with E-state index in [0.717, 1.165) is 12.0 Å². The summed E-state index contributed by atoms with van der Waals surface area (Å²) in [5.41, 5.74) is 1.18. The maximum Gasteiger partial charge on any atom is 0.0632 e. The average molecular weight is 206 g/mol. The van der Waals surface area contributed by atoms with Crippen LogP contribution in [0.1, 0.15) is 24.0 Å². The Labute approximate surface area is 87.2 Å². The van der Waals surface area contributed by atoms with Crippen LogP contribution in [-0.4, -0.2) is 11.9 Å².